The lowest BCUT2D eigenvalue weighted by Gasteiger charge is -2.17. The van der Waals surface area contributed by atoms with Crippen molar-refractivity contribution in [1.82, 2.24) is 9.97 Å². The fourth-order valence-electron chi connectivity index (χ4n) is 3.09. The molecule has 0 amide bonds. The minimum Gasteiger partial charge on any atom is -0.507 e. The van der Waals surface area contributed by atoms with Crippen LogP contribution < -0.4 is 25.7 Å². The molecule has 3 rings (SSSR count). The summed E-state index contributed by atoms with van der Waals surface area (Å²) in [5.74, 6) is 2.22. The zero-order valence-electron chi connectivity index (χ0n) is 16.6. The summed E-state index contributed by atoms with van der Waals surface area (Å²) < 4.78 is 16.6. The molecule has 0 aliphatic heterocycles. The Bertz CT molecular complexity index is 1020. The first kappa shape index (κ1) is 20.1. The molecule has 0 atom stereocenters. The number of nitrogens with zero attached hydrogens (tertiary/aromatic N) is 2. The third-order valence-corrected chi connectivity index (χ3v) is 4.43. The topological polar surface area (TPSA) is 126 Å². The molecule has 0 aliphatic carbocycles. The Hall–Kier alpha value is -3.68. The minimum atomic E-state index is 0.0596. The molecule has 152 valence electrons. The van der Waals surface area contributed by atoms with Crippen LogP contribution in [0, 0.1) is 0 Å². The number of phenols is 1. The number of aromatic nitrogens is 2. The van der Waals surface area contributed by atoms with E-state index in [1.165, 1.54) is 0 Å². The number of anilines is 2. The van der Waals surface area contributed by atoms with Gasteiger partial charge in [-0.2, -0.15) is 4.98 Å². The van der Waals surface area contributed by atoms with Gasteiger partial charge < -0.3 is 30.8 Å². The first-order valence-corrected chi connectivity index (χ1v) is 9.04. The minimum absolute atomic E-state index is 0.0596. The van der Waals surface area contributed by atoms with Gasteiger partial charge in [0.1, 0.15) is 28.8 Å². The predicted molar refractivity (Wildman–Crippen MR) is 111 cm³/mol. The van der Waals surface area contributed by atoms with Crippen molar-refractivity contribution in [3.8, 4) is 34.1 Å². The van der Waals surface area contributed by atoms with Crippen LogP contribution in [0.4, 0.5) is 11.8 Å². The van der Waals surface area contributed by atoms with Crippen molar-refractivity contribution < 1.29 is 19.3 Å². The second kappa shape index (κ2) is 8.55. The van der Waals surface area contributed by atoms with E-state index >= 15 is 0 Å². The highest BCUT2D eigenvalue weighted by molar-refractivity contribution is 5.82. The highest BCUT2D eigenvalue weighted by atomic mass is 16.5. The van der Waals surface area contributed by atoms with Crippen LogP contribution in [0.25, 0.3) is 11.1 Å². The van der Waals surface area contributed by atoms with Gasteiger partial charge in [0.15, 0.2) is 0 Å². The van der Waals surface area contributed by atoms with Gasteiger partial charge >= 0.3 is 0 Å². The molecule has 8 heteroatoms. The van der Waals surface area contributed by atoms with E-state index in [0.717, 1.165) is 5.56 Å². The van der Waals surface area contributed by atoms with Gasteiger partial charge in [-0.05, 0) is 36.8 Å². The summed E-state index contributed by atoms with van der Waals surface area (Å²) in [5, 5.41) is 10.8. The number of ether oxygens (including phenoxy) is 3. The zero-order valence-corrected chi connectivity index (χ0v) is 16.6. The average Bonchev–Trinajstić information content (AvgIpc) is 2.70. The first-order valence-electron chi connectivity index (χ1n) is 9.04. The number of methoxy groups -OCH3 is 2. The molecule has 0 aliphatic rings. The lowest BCUT2D eigenvalue weighted by atomic mass is 9.97. The Morgan fingerprint density at radius 2 is 1.83 bits per heavy atom. The molecule has 0 saturated carbocycles. The lowest BCUT2D eigenvalue weighted by Crippen LogP contribution is -2.04. The molecule has 0 saturated heterocycles. The van der Waals surface area contributed by atoms with Crippen LogP contribution in [0.1, 0.15) is 18.1 Å². The van der Waals surface area contributed by atoms with E-state index in [1.807, 2.05) is 19.1 Å². The first-order chi connectivity index (χ1) is 14.0. The normalized spacial score (nSPS) is 10.6. The molecule has 0 bridgehead atoms. The Balaban J connectivity index is 2.08. The molecular weight excluding hydrogens is 372 g/mol. The molecule has 0 radical (unpaired) electrons. The summed E-state index contributed by atoms with van der Waals surface area (Å²) in [6, 6.07) is 8.90. The number of nitrogen functional groups attached to an aromatic ring is 2. The summed E-state index contributed by atoms with van der Waals surface area (Å²) in [6.07, 6.45) is 2.00. The molecule has 1 heterocycles. The largest absolute Gasteiger partial charge is 0.507 e. The highest BCUT2D eigenvalue weighted by Crippen LogP contribution is 2.44. The third-order valence-electron chi connectivity index (χ3n) is 4.43. The van der Waals surface area contributed by atoms with E-state index in [1.54, 1.807) is 38.6 Å². The molecule has 5 N–H and O–H groups in total. The summed E-state index contributed by atoms with van der Waals surface area (Å²) in [5.41, 5.74) is 14.2. The molecule has 3 aromatic rings. The summed E-state index contributed by atoms with van der Waals surface area (Å²) >= 11 is 0. The molecule has 1 aromatic heterocycles. The summed E-state index contributed by atoms with van der Waals surface area (Å²) in [6.45, 7) is 2.31. The fourth-order valence-corrected chi connectivity index (χ4v) is 3.09. The summed E-state index contributed by atoms with van der Waals surface area (Å²) in [4.78, 5) is 7.96. The van der Waals surface area contributed by atoms with Gasteiger partial charge in [-0.25, -0.2) is 4.98 Å². The van der Waals surface area contributed by atoms with Gasteiger partial charge in [-0.1, -0.05) is 0 Å². The van der Waals surface area contributed by atoms with E-state index in [9.17, 15) is 5.11 Å². The van der Waals surface area contributed by atoms with Crippen LogP contribution in [0.2, 0.25) is 0 Å². The van der Waals surface area contributed by atoms with E-state index in [2.05, 4.69) is 9.97 Å². The van der Waals surface area contributed by atoms with Gasteiger partial charge in [-0.3, -0.25) is 0 Å². The van der Waals surface area contributed by atoms with Crippen LogP contribution in [-0.4, -0.2) is 35.9 Å². The smallest absolute Gasteiger partial charge is 0.221 e. The highest BCUT2D eigenvalue weighted by Gasteiger charge is 2.19. The molecule has 0 unspecified atom stereocenters. The van der Waals surface area contributed by atoms with Crippen molar-refractivity contribution in [1.29, 1.82) is 0 Å². The Kier molecular flexibility index (Phi) is 5.92. The van der Waals surface area contributed by atoms with Crippen LogP contribution in [0.5, 0.6) is 23.0 Å². The van der Waals surface area contributed by atoms with Crippen molar-refractivity contribution in [3.05, 3.63) is 47.7 Å². The standard InChI is InChI=1S/C21H24N4O4/c1-4-29-18-9-12(7-13-11-24-21(23)25-20(13)22)8-16(26)19(18)15-6-5-14(27-2)10-17(15)28-3/h5-6,8-11,26H,4,7H2,1-3H3,(H4,22,23,24,25). The second-order valence-corrected chi connectivity index (χ2v) is 6.30. The van der Waals surface area contributed by atoms with E-state index in [0.29, 0.717) is 52.8 Å². The lowest BCUT2D eigenvalue weighted by molar-refractivity contribution is 0.338. The zero-order chi connectivity index (χ0) is 21.0. The number of aromatic hydroxyl groups is 1. The quantitative estimate of drug-likeness (QED) is 0.556. The van der Waals surface area contributed by atoms with Crippen LogP contribution in [0.15, 0.2) is 36.5 Å². The van der Waals surface area contributed by atoms with Gasteiger partial charge in [0, 0.05) is 29.8 Å². The predicted octanol–water partition coefficient (Wildman–Crippen LogP) is 3.02. The van der Waals surface area contributed by atoms with E-state index in [4.69, 9.17) is 25.7 Å². The maximum atomic E-state index is 10.8. The molecule has 29 heavy (non-hydrogen) atoms. The summed E-state index contributed by atoms with van der Waals surface area (Å²) in [7, 11) is 3.15. The molecule has 8 nitrogen and oxygen atoms in total. The van der Waals surface area contributed by atoms with Crippen molar-refractivity contribution in [2.45, 2.75) is 13.3 Å². The maximum absolute atomic E-state index is 10.8. The molecule has 2 aromatic carbocycles. The van der Waals surface area contributed by atoms with Gasteiger partial charge in [0.2, 0.25) is 5.95 Å². The van der Waals surface area contributed by atoms with Crippen LogP contribution >= 0.6 is 0 Å². The second-order valence-electron chi connectivity index (χ2n) is 6.30. The Labute approximate surface area is 169 Å². The number of nitrogens with two attached hydrogens (primary N) is 2. The molecule has 0 spiro atoms. The van der Waals surface area contributed by atoms with Crippen molar-refractivity contribution in [2.75, 3.05) is 32.3 Å². The number of benzene rings is 2. The number of hydrogen-bond acceptors (Lipinski definition) is 8. The average molecular weight is 396 g/mol. The Morgan fingerprint density at radius 1 is 1.03 bits per heavy atom. The number of rotatable bonds is 7. The van der Waals surface area contributed by atoms with Crippen molar-refractivity contribution >= 4 is 11.8 Å². The van der Waals surface area contributed by atoms with Crippen molar-refractivity contribution in [3.63, 3.8) is 0 Å². The van der Waals surface area contributed by atoms with E-state index in [-0.39, 0.29) is 11.7 Å². The van der Waals surface area contributed by atoms with Crippen LogP contribution in [-0.2, 0) is 6.42 Å². The number of phenolic OH excluding ortho intramolecular Hbond substituents is 1. The van der Waals surface area contributed by atoms with Gasteiger partial charge in [0.25, 0.3) is 0 Å². The number of hydrogen-bond donors (Lipinski definition) is 3. The Morgan fingerprint density at radius 3 is 2.48 bits per heavy atom. The molecule has 0 fully saturated rings. The maximum Gasteiger partial charge on any atom is 0.221 e. The third kappa shape index (κ3) is 4.26. The van der Waals surface area contributed by atoms with Crippen molar-refractivity contribution in [2.24, 2.45) is 0 Å². The van der Waals surface area contributed by atoms with E-state index < -0.39 is 0 Å². The fraction of sp³-hybridized carbons (Fsp3) is 0.238. The van der Waals surface area contributed by atoms with Gasteiger partial charge in [-0.15, -0.1) is 0 Å². The SMILES string of the molecule is CCOc1cc(Cc2cnc(N)nc2N)cc(O)c1-c1ccc(OC)cc1OC. The monoisotopic (exact) mass is 396 g/mol. The van der Waals surface area contributed by atoms with Crippen LogP contribution in [0.3, 0.4) is 0 Å². The van der Waals surface area contributed by atoms with Gasteiger partial charge in [0.05, 0.1) is 26.4 Å². The molecular formula is C21H24N4O4.